The van der Waals surface area contributed by atoms with E-state index in [1.54, 1.807) is 6.21 Å². The van der Waals surface area contributed by atoms with E-state index in [-0.39, 0.29) is 0 Å². The van der Waals surface area contributed by atoms with Gasteiger partial charge in [0.25, 0.3) is 0 Å². The van der Waals surface area contributed by atoms with Crippen LogP contribution in [0.25, 0.3) is 0 Å². The number of rotatable bonds is 1. The van der Waals surface area contributed by atoms with Gasteiger partial charge in [0.05, 0.1) is 0 Å². The fourth-order valence-corrected chi connectivity index (χ4v) is 1.77. The monoisotopic (exact) mass is 214 g/mol. The number of halogens is 3. The lowest BCUT2D eigenvalue weighted by molar-refractivity contribution is -0.554. The predicted molar refractivity (Wildman–Crippen MR) is 51.4 cm³/mol. The van der Waals surface area contributed by atoms with E-state index >= 15 is 0 Å². The van der Waals surface area contributed by atoms with Crippen LogP contribution in [0.5, 0.6) is 0 Å². The topological polar surface area (TPSA) is 3.01 Å². The normalized spacial score (nSPS) is 15.8. The van der Waals surface area contributed by atoms with Crippen molar-refractivity contribution in [1.29, 1.82) is 0 Å². The number of hydrogen-bond donors (Lipinski definition) is 0. The van der Waals surface area contributed by atoms with Gasteiger partial charge in [0.15, 0.2) is 6.21 Å². The molecule has 0 unspecified atom stereocenters. The van der Waals surface area contributed by atoms with Crippen molar-refractivity contribution in [3.63, 3.8) is 0 Å². The summed E-state index contributed by atoms with van der Waals surface area (Å²) >= 11 is 0. The van der Waals surface area contributed by atoms with Crippen LogP contribution < -0.4 is 0 Å². The molecule has 0 amide bonds. The molecule has 0 radical (unpaired) electrons. The lowest BCUT2D eigenvalue weighted by Crippen LogP contribution is -2.31. The molecule has 0 fully saturated rings. The van der Waals surface area contributed by atoms with Crippen molar-refractivity contribution in [3.05, 3.63) is 35.4 Å². The Balaban J connectivity index is 2.22. The van der Waals surface area contributed by atoms with Crippen LogP contribution in [0.2, 0.25) is 0 Å². The summed E-state index contributed by atoms with van der Waals surface area (Å²) in [5.74, 6) is 0. The van der Waals surface area contributed by atoms with E-state index in [9.17, 15) is 13.2 Å². The third-order valence-corrected chi connectivity index (χ3v) is 2.43. The fraction of sp³-hybridized carbons (Fsp3) is 0.364. The summed E-state index contributed by atoms with van der Waals surface area (Å²) in [5, 5.41) is 0. The molecule has 0 saturated heterocycles. The maximum atomic E-state index is 12.2. The molecule has 1 nitrogen and oxygen atoms in total. The molecule has 2 rings (SSSR count). The van der Waals surface area contributed by atoms with Gasteiger partial charge in [-0.15, -0.1) is 0 Å². The molecule has 1 aliphatic heterocycles. The highest BCUT2D eigenvalue weighted by molar-refractivity contribution is 5.78. The zero-order chi connectivity index (χ0) is 10.9. The first-order valence-corrected chi connectivity index (χ1v) is 4.78. The Hall–Kier alpha value is -1.32. The highest BCUT2D eigenvalue weighted by atomic mass is 19.4. The van der Waals surface area contributed by atoms with E-state index in [1.807, 2.05) is 24.3 Å². The van der Waals surface area contributed by atoms with Crippen molar-refractivity contribution < 1.29 is 17.7 Å². The van der Waals surface area contributed by atoms with Crippen LogP contribution >= 0.6 is 0 Å². The standard InChI is InChI=1S/C11H11F3N/c12-11(13,14)8-15-6-5-9-3-1-2-4-10(9)7-15/h1-4,7H,5-6,8H2/q+1. The molecule has 1 heterocycles. The van der Waals surface area contributed by atoms with E-state index < -0.39 is 12.7 Å². The fourth-order valence-electron chi connectivity index (χ4n) is 1.77. The number of fused-ring (bicyclic) bond motifs is 1. The van der Waals surface area contributed by atoms with Crippen molar-refractivity contribution in [2.24, 2.45) is 0 Å². The zero-order valence-corrected chi connectivity index (χ0v) is 8.09. The van der Waals surface area contributed by atoms with Gasteiger partial charge in [-0.1, -0.05) is 18.2 Å². The molecule has 1 aliphatic rings. The minimum absolute atomic E-state index is 0.441. The summed E-state index contributed by atoms with van der Waals surface area (Å²) in [6, 6.07) is 7.55. The highest BCUT2D eigenvalue weighted by Crippen LogP contribution is 2.17. The van der Waals surface area contributed by atoms with E-state index in [0.717, 1.165) is 11.1 Å². The largest absolute Gasteiger partial charge is 0.448 e. The first kappa shape index (κ1) is 10.2. The molecule has 0 aliphatic carbocycles. The van der Waals surface area contributed by atoms with Gasteiger partial charge in [-0.3, -0.25) is 0 Å². The van der Waals surface area contributed by atoms with Crippen LogP contribution in [-0.2, 0) is 6.42 Å². The first-order chi connectivity index (χ1) is 7.04. The molecule has 4 heteroatoms. The smallest absolute Gasteiger partial charge is 0.226 e. The van der Waals surface area contributed by atoms with Crippen LogP contribution in [0.15, 0.2) is 24.3 Å². The summed E-state index contributed by atoms with van der Waals surface area (Å²) < 4.78 is 37.8. The van der Waals surface area contributed by atoms with Gasteiger partial charge in [-0.2, -0.15) is 13.2 Å². The molecule has 0 N–H and O–H groups in total. The molecule has 0 bridgehead atoms. The second-order valence-corrected chi connectivity index (χ2v) is 3.66. The molecule has 80 valence electrons. The van der Waals surface area contributed by atoms with Crippen molar-refractivity contribution in [2.45, 2.75) is 12.6 Å². The highest BCUT2D eigenvalue weighted by Gasteiger charge is 2.34. The Morgan fingerprint density at radius 3 is 2.67 bits per heavy atom. The van der Waals surface area contributed by atoms with Crippen molar-refractivity contribution in [3.8, 4) is 0 Å². The Bertz CT molecular complexity index is 393. The molecular weight excluding hydrogens is 203 g/mol. The lowest BCUT2D eigenvalue weighted by Gasteiger charge is -2.13. The molecule has 15 heavy (non-hydrogen) atoms. The summed E-state index contributed by atoms with van der Waals surface area (Å²) in [6.45, 7) is -0.419. The van der Waals surface area contributed by atoms with E-state index in [4.69, 9.17) is 0 Å². The Labute approximate surface area is 85.9 Å². The Morgan fingerprint density at radius 2 is 1.93 bits per heavy atom. The van der Waals surface area contributed by atoms with E-state index in [2.05, 4.69) is 0 Å². The van der Waals surface area contributed by atoms with Gasteiger partial charge in [0.2, 0.25) is 6.54 Å². The number of hydrogen-bond acceptors (Lipinski definition) is 0. The Kier molecular flexibility index (Phi) is 2.50. The van der Waals surface area contributed by atoms with Crippen molar-refractivity contribution in [2.75, 3.05) is 13.1 Å². The average Bonchev–Trinajstić information content (AvgIpc) is 2.15. The molecule has 0 spiro atoms. The van der Waals surface area contributed by atoms with Crippen LogP contribution in [0.4, 0.5) is 13.2 Å². The third-order valence-electron chi connectivity index (χ3n) is 2.43. The second kappa shape index (κ2) is 3.68. The minimum atomic E-state index is -4.12. The predicted octanol–water partition coefficient (Wildman–Crippen LogP) is 2.24. The number of benzene rings is 1. The van der Waals surface area contributed by atoms with Crippen molar-refractivity contribution in [1.82, 2.24) is 0 Å². The summed E-state index contributed by atoms with van der Waals surface area (Å²) in [4.78, 5) is 0. The van der Waals surface area contributed by atoms with Crippen LogP contribution in [0.3, 0.4) is 0 Å². The average molecular weight is 214 g/mol. The molecule has 0 aromatic heterocycles. The molecule has 1 aromatic carbocycles. The third kappa shape index (κ3) is 2.58. The second-order valence-electron chi connectivity index (χ2n) is 3.66. The van der Waals surface area contributed by atoms with Gasteiger partial charge in [-0.25, -0.2) is 4.58 Å². The molecule has 0 atom stereocenters. The molecular formula is C11H11F3N+. The van der Waals surface area contributed by atoms with Crippen molar-refractivity contribution >= 4 is 6.21 Å². The maximum absolute atomic E-state index is 12.2. The van der Waals surface area contributed by atoms with Gasteiger partial charge < -0.3 is 0 Å². The number of nitrogens with zero attached hydrogens (tertiary/aromatic N) is 1. The summed E-state index contributed by atoms with van der Waals surface area (Å²) in [7, 11) is 0. The zero-order valence-electron chi connectivity index (χ0n) is 8.09. The summed E-state index contributed by atoms with van der Waals surface area (Å²) in [6.07, 6.45) is -1.85. The summed E-state index contributed by atoms with van der Waals surface area (Å²) in [5.41, 5.74) is 2.02. The quantitative estimate of drug-likeness (QED) is 0.631. The molecule has 0 saturated carbocycles. The lowest BCUT2D eigenvalue weighted by atomic mass is 10.0. The first-order valence-electron chi connectivity index (χ1n) is 4.78. The Morgan fingerprint density at radius 1 is 1.20 bits per heavy atom. The van der Waals surface area contributed by atoms with Crippen LogP contribution in [0.1, 0.15) is 11.1 Å². The van der Waals surface area contributed by atoms with Gasteiger partial charge in [-0.05, 0) is 11.6 Å². The number of alkyl halides is 3. The van der Waals surface area contributed by atoms with Crippen LogP contribution in [0, 0.1) is 0 Å². The maximum Gasteiger partial charge on any atom is 0.448 e. The van der Waals surface area contributed by atoms with Gasteiger partial charge >= 0.3 is 6.18 Å². The SMILES string of the molecule is FC(F)(F)C[N+]1=Cc2ccccc2CC1. The van der Waals surface area contributed by atoms with Gasteiger partial charge in [0, 0.05) is 12.0 Å². The molecule has 1 aromatic rings. The van der Waals surface area contributed by atoms with Crippen LogP contribution in [-0.4, -0.2) is 30.1 Å². The van der Waals surface area contributed by atoms with E-state index in [1.165, 1.54) is 4.58 Å². The van der Waals surface area contributed by atoms with Gasteiger partial charge in [0.1, 0.15) is 6.54 Å². The van der Waals surface area contributed by atoms with E-state index in [0.29, 0.717) is 13.0 Å². The minimum Gasteiger partial charge on any atom is -0.226 e.